The van der Waals surface area contributed by atoms with Crippen molar-refractivity contribution in [3.05, 3.63) is 23.6 Å². The van der Waals surface area contributed by atoms with Crippen LogP contribution in [0.4, 0.5) is 0 Å². The molecule has 0 saturated carbocycles. The summed E-state index contributed by atoms with van der Waals surface area (Å²) >= 11 is 3.75. The Bertz CT molecular complexity index is 95.1. The predicted octanol–water partition coefficient (Wildman–Crippen LogP) is 2.21. The zero-order valence-corrected chi connectivity index (χ0v) is 6.64. The second-order valence-electron chi connectivity index (χ2n) is 0.863. The highest BCUT2D eigenvalue weighted by atomic mass is 32.1. The zero-order valence-electron chi connectivity index (χ0n) is 5.74. The molecule has 0 bridgehead atoms. The lowest BCUT2D eigenvalue weighted by molar-refractivity contribution is -0.104. The molecule has 2 heteroatoms. The van der Waals surface area contributed by atoms with Crippen molar-refractivity contribution in [3.63, 3.8) is 0 Å². The molecule has 0 heterocycles. The van der Waals surface area contributed by atoms with Gasteiger partial charge in [0.1, 0.15) is 6.29 Å². The van der Waals surface area contributed by atoms with E-state index >= 15 is 0 Å². The molecule has 0 amide bonds. The first kappa shape index (κ1) is 11.3. The second-order valence-corrected chi connectivity index (χ2v) is 1.16. The second kappa shape index (κ2) is 15.6. The Morgan fingerprint density at radius 1 is 1.11 bits per heavy atom. The van der Waals surface area contributed by atoms with Crippen LogP contribution in [0.3, 0.4) is 0 Å². The van der Waals surface area contributed by atoms with Crippen LogP contribution in [0.25, 0.3) is 0 Å². The van der Waals surface area contributed by atoms with E-state index in [1.165, 1.54) is 6.08 Å². The van der Waals surface area contributed by atoms with Gasteiger partial charge in [-0.05, 0) is 11.5 Å². The SMILES string of the molecule is CC.O=C/C=C/C=C\S. The lowest BCUT2D eigenvalue weighted by Gasteiger charge is -1.62. The highest BCUT2D eigenvalue weighted by molar-refractivity contribution is 7.83. The van der Waals surface area contributed by atoms with Crippen molar-refractivity contribution in [2.75, 3.05) is 0 Å². The van der Waals surface area contributed by atoms with Crippen molar-refractivity contribution in [2.45, 2.75) is 13.8 Å². The molecule has 9 heavy (non-hydrogen) atoms. The van der Waals surface area contributed by atoms with Crippen LogP contribution in [-0.2, 0) is 4.79 Å². The van der Waals surface area contributed by atoms with Gasteiger partial charge in [-0.3, -0.25) is 4.79 Å². The Balaban J connectivity index is 0. The minimum atomic E-state index is 0.716. The number of carbonyl (C=O) groups excluding carboxylic acids is 1. The van der Waals surface area contributed by atoms with Gasteiger partial charge in [-0.2, -0.15) is 12.6 Å². The van der Waals surface area contributed by atoms with Crippen molar-refractivity contribution < 1.29 is 4.79 Å². The minimum Gasteiger partial charge on any atom is -0.299 e. The number of carbonyl (C=O) groups is 1. The van der Waals surface area contributed by atoms with Gasteiger partial charge in [0.25, 0.3) is 0 Å². The Kier molecular flexibility index (Phi) is 19.7. The fraction of sp³-hybridized carbons (Fsp3) is 0.286. The van der Waals surface area contributed by atoms with Crippen LogP contribution in [-0.4, -0.2) is 6.29 Å². The molecule has 0 aliphatic carbocycles. The molecular weight excluding hydrogens is 132 g/mol. The molecule has 0 spiro atoms. The quantitative estimate of drug-likeness (QED) is 0.272. The van der Waals surface area contributed by atoms with E-state index in [0.717, 1.165) is 0 Å². The molecule has 0 aromatic heterocycles. The van der Waals surface area contributed by atoms with Crippen molar-refractivity contribution in [3.8, 4) is 0 Å². The average molecular weight is 144 g/mol. The van der Waals surface area contributed by atoms with Crippen LogP contribution in [0, 0.1) is 0 Å². The molecule has 0 N–H and O–H groups in total. The highest BCUT2D eigenvalue weighted by Gasteiger charge is 1.56. The molecule has 0 fully saturated rings. The van der Waals surface area contributed by atoms with Crippen molar-refractivity contribution in [1.29, 1.82) is 0 Å². The Labute approximate surface area is 61.9 Å². The minimum absolute atomic E-state index is 0.716. The fourth-order valence-electron chi connectivity index (χ4n) is 0.159. The molecule has 0 unspecified atom stereocenters. The van der Waals surface area contributed by atoms with E-state index in [9.17, 15) is 4.79 Å². The molecule has 0 radical (unpaired) electrons. The van der Waals surface area contributed by atoms with E-state index in [2.05, 4.69) is 12.6 Å². The van der Waals surface area contributed by atoms with E-state index in [1.54, 1.807) is 17.6 Å². The first-order chi connectivity index (χ1) is 4.41. The molecule has 0 aromatic carbocycles. The molecule has 0 aromatic rings. The van der Waals surface area contributed by atoms with Crippen molar-refractivity contribution in [2.24, 2.45) is 0 Å². The highest BCUT2D eigenvalue weighted by Crippen LogP contribution is 1.76. The summed E-state index contributed by atoms with van der Waals surface area (Å²) < 4.78 is 0. The third kappa shape index (κ3) is 18.5. The Morgan fingerprint density at radius 2 is 1.67 bits per heavy atom. The summed E-state index contributed by atoms with van der Waals surface area (Å²) in [5.41, 5.74) is 0. The van der Waals surface area contributed by atoms with Crippen LogP contribution < -0.4 is 0 Å². The van der Waals surface area contributed by atoms with Gasteiger partial charge >= 0.3 is 0 Å². The molecule has 0 saturated heterocycles. The summed E-state index contributed by atoms with van der Waals surface area (Å²) in [5, 5.41) is 1.56. The molecule has 0 aliphatic heterocycles. The smallest absolute Gasteiger partial charge is 0.142 e. The summed E-state index contributed by atoms with van der Waals surface area (Å²) in [7, 11) is 0. The molecule has 0 aliphatic rings. The number of aldehydes is 1. The summed E-state index contributed by atoms with van der Waals surface area (Å²) in [6.07, 6.45) is 5.39. The lowest BCUT2D eigenvalue weighted by Crippen LogP contribution is -1.53. The van der Waals surface area contributed by atoms with Gasteiger partial charge in [0.2, 0.25) is 0 Å². The number of hydrogen-bond acceptors (Lipinski definition) is 2. The van der Waals surface area contributed by atoms with Gasteiger partial charge < -0.3 is 0 Å². The number of hydrogen-bond donors (Lipinski definition) is 1. The first-order valence-electron chi connectivity index (χ1n) is 2.83. The zero-order chi connectivity index (χ0) is 7.54. The van der Waals surface area contributed by atoms with Gasteiger partial charge in [-0.1, -0.05) is 26.0 Å². The maximum absolute atomic E-state index is 9.53. The number of rotatable bonds is 2. The predicted molar refractivity (Wildman–Crippen MR) is 44.7 cm³/mol. The van der Waals surface area contributed by atoms with Gasteiger partial charge in [-0.15, -0.1) is 0 Å². The van der Waals surface area contributed by atoms with Crippen LogP contribution >= 0.6 is 12.6 Å². The molecule has 52 valence electrons. The maximum atomic E-state index is 9.53. The molecule has 1 nitrogen and oxygen atoms in total. The lowest BCUT2D eigenvalue weighted by atomic mass is 10.5. The average Bonchev–Trinajstić information content (AvgIpc) is 1.94. The van der Waals surface area contributed by atoms with E-state index in [4.69, 9.17) is 0 Å². The van der Waals surface area contributed by atoms with E-state index < -0.39 is 0 Å². The Hall–Kier alpha value is -0.500. The third-order valence-corrected chi connectivity index (χ3v) is 0.559. The summed E-state index contributed by atoms with van der Waals surface area (Å²) in [4.78, 5) is 9.53. The van der Waals surface area contributed by atoms with E-state index in [0.29, 0.717) is 6.29 Å². The van der Waals surface area contributed by atoms with Crippen LogP contribution in [0.5, 0.6) is 0 Å². The van der Waals surface area contributed by atoms with Crippen LogP contribution in [0.1, 0.15) is 13.8 Å². The summed E-state index contributed by atoms with van der Waals surface area (Å²) in [5.74, 6) is 0. The summed E-state index contributed by atoms with van der Waals surface area (Å²) in [6, 6.07) is 0. The topological polar surface area (TPSA) is 17.1 Å². The van der Waals surface area contributed by atoms with Crippen molar-refractivity contribution >= 4 is 18.9 Å². The van der Waals surface area contributed by atoms with Gasteiger partial charge in [0.05, 0.1) is 0 Å². The van der Waals surface area contributed by atoms with Crippen LogP contribution in [0.15, 0.2) is 23.6 Å². The summed E-state index contributed by atoms with van der Waals surface area (Å²) in [6.45, 7) is 4.00. The third-order valence-electron chi connectivity index (χ3n) is 0.387. The monoisotopic (exact) mass is 144 g/mol. The number of allylic oxidation sites excluding steroid dienone is 3. The largest absolute Gasteiger partial charge is 0.299 e. The van der Waals surface area contributed by atoms with Crippen molar-refractivity contribution in [1.82, 2.24) is 0 Å². The fourth-order valence-corrected chi connectivity index (χ4v) is 0.259. The first-order valence-corrected chi connectivity index (χ1v) is 3.34. The standard InChI is InChI=1S/C5H6OS.C2H6/c6-4-2-1-3-5-7;1-2/h1-5,7H;1-2H3/b2-1+,5-3-;. The van der Waals surface area contributed by atoms with Gasteiger partial charge in [0.15, 0.2) is 0 Å². The van der Waals surface area contributed by atoms with Crippen LogP contribution in [0.2, 0.25) is 0 Å². The normalized spacial score (nSPS) is 9.22. The van der Waals surface area contributed by atoms with E-state index in [1.807, 2.05) is 13.8 Å². The molecule has 0 atom stereocenters. The molecule has 0 rings (SSSR count). The van der Waals surface area contributed by atoms with Gasteiger partial charge in [-0.25, -0.2) is 0 Å². The molecular formula is C7H12OS. The van der Waals surface area contributed by atoms with Gasteiger partial charge in [0, 0.05) is 0 Å². The Morgan fingerprint density at radius 3 is 2.00 bits per heavy atom. The van der Waals surface area contributed by atoms with E-state index in [-0.39, 0.29) is 0 Å². The number of thiol groups is 1. The maximum Gasteiger partial charge on any atom is 0.142 e.